The van der Waals surface area contributed by atoms with Crippen molar-refractivity contribution >= 4 is 14.3 Å². The lowest BCUT2D eigenvalue weighted by molar-refractivity contribution is -0.425. The summed E-state index contributed by atoms with van der Waals surface area (Å²) >= 11 is 0. The first-order valence-electron chi connectivity index (χ1n) is 20.6. The summed E-state index contributed by atoms with van der Waals surface area (Å²) in [6, 6.07) is 0. The summed E-state index contributed by atoms with van der Waals surface area (Å²) in [5.74, 6) is -4.54. The average Bonchev–Trinajstić information content (AvgIpc) is 3.35. The van der Waals surface area contributed by atoms with Gasteiger partial charge in [-0.25, -0.2) is 4.79 Å². The quantitative estimate of drug-likeness (QED) is 0.0957. The Morgan fingerprint density at radius 1 is 1.02 bits per heavy atom. The number of hydrogen-bond donors (Lipinski definition) is 0. The minimum absolute atomic E-state index is 0.0463. The molecule has 0 N–H and O–H groups in total. The van der Waals surface area contributed by atoms with Gasteiger partial charge in [-0.2, -0.15) is 0 Å². The second-order valence-corrected chi connectivity index (χ2v) is 24.0. The van der Waals surface area contributed by atoms with Gasteiger partial charge in [-0.05, 0) is 91.3 Å². The molecule has 0 aromatic rings. The van der Waals surface area contributed by atoms with Gasteiger partial charge in [0.2, 0.25) is 11.9 Å². The van der Waals surface area contributed by atoms with Crippen molar-refractivity contribution in [3.05, 3.63) is 24.3 Å². The van der Waals surface area contributed by atoms with Crippen LogP contribution in [0.5, 0.6) is 0 Å². The Morgan fingerprint density at radius 2 is 1.67 bits per heavy atom. The topological polar surface area (TPSA) is 109 Å². The van der Waals surface area contributed by atoms with Crippen molar-refractivity contribution in [2.45, 2.75) is 193 Å². The number of allylic oxidation sites excluding steroid dienone is 1. The molecule has 4 saturated heterocycles. The lowest BCUT2D eigenvalue weighted by Crippen LogP contribution is -2.62. The third kappa shape index (κ3) is 10.5. The number of rotatable bonds is 14. The molecular formula is C43H76O11Si. The molecule has 12 atom stereocenters. The molecule has 0 amide bonds. The van der Waals surface area contributed by atoms with Crippen LogP contribution in [-0.4, -0.2) is 101 Å². The van der Waals surface area contributed by atoms with Gasteiger partial charge < -0.3 is 47.1 Å². The van der Waals surface area contributed by atoms with E-state index in [1.165, 1.54) is 5.57 Å². The summed E-state index contributed by atoms with van der Waals surface area (Å²) in [4.78, 5) is 13.2. The number of carbonyl (C=O) groups is 1. The van der Waals surface area contributed by atoms with Crippen LogP contribution in [0.1, 0.15) is 115 Å². The van der Waals surface area contributed by atoms with E-state index in [1.807, 2.05) is 26.8 Å². The standard InChI is InChI=1S/C43H76O11Si/c1-18-29(5)35-25-42(53-40(10,11)49-35)31(24-32(26-48-42)52-55(16,17)39(7,8)9)21-27(3)20-28(4)22-33(45-14)36-34(46-15)23-30(6)43(50-36)37(38(44)47-19-2)51-41(12,13)54-43/h18,21,28-37H,1,19-20,22-26H2,2-17H3/b27-21+/t28-,29-,30+,31-,32+,33-,34-,35-,36+,37-,42+,43-/m0/s1. The molecule has 0 aliphatic carbocycles. The zero-order chi connectivity index (χ0) is 41.4. The molecule has 4 rings (SSSR count). The van der Waals surface area contributed by atoms with Gasteiger partial charge in [0.25, 0.3) is 0 Å². The molecule has 4 heterocycles. The lowest BCUT2D eigenvalue weighted by Gasteiger charge is -2.55. The van der Waals surface area contributed by atoms with Crippen molar-refractivity contribution < 1.29 is 51.9 Å². The third-order valence-corrected chi connectivity index (χ3v) is 17.1. The molecule has 0 saturated carbocycles. The SMILES string of the molecule is C=C[C@H](C)[C@@H]1C[C@@]2(OC[C@H](O[Si](C)(C)C(C)(C)C)C[C@@H]2/C=C(\C)C[C@H](C)C[C@H](OC)[C@H]2O[C@]3(OC(C)(C)O[C@H]3C(=O)OCC)[C@H](C)C[C@@H]2OC)OC(C)(C)O1. The highest BCUT2D eigenvalue weighted by molar-refractivity contribution is 6.74. The van der Waals surface area contributed by atoms with E-state index in [-0.39, 0.29) is 59.7 Å². The molecule has 4 aliphatic heterocycles. The maximum atomic E-state index is 13.2. The summed E-state index contributed by atoms with van der Waals surface area (Å²) < 4.78 is 64.2. The van der Waals surface area contributed by atoms with Crippen LogP contribution in [0.2, 0.25) is 18.1 Å². The summed E-state index contributed by atoms with van der Waals surface area (Å²) in [6.07, 6.45) is 5.46. The Morgan fingerprint density at radius 3 is 2.25 bits per heavy atom. The van der Waals surface area contributed by atoms with Crippen molar-refractivity contribution in [1.29, 1.82) is 0 Å². The molecular weight excluding hydrogens is 721 g/mol. The molecule has 318 valence electrons. The van der Waals surface area contributed by atoms with Gasteiger partial charge >= 0.3 is 5.97 Å². The van der Waals surface area contributed by atoms with Crippen LogP contribution in [0, 0.1) is 23.7 Å². The number of esters is 1. The highest BCUT2D eigenvalue weighted by Crippen LogP contribution is 2.51. The number of methoxy groups -OCH3 is 2. The van der Waals surface area contributed by atoms with E-state index in [1.54, 1.807) is 35.0 Å². The van der Waals surface area contributed by atoms with Gasteiger partial charge in [-0.3, -0.25) is 0 Å². The van der Waals surface area contributed by atoms with Gasteiger partial charge in [0, 0.05) is 38.4 Å². The van der Waals surface area contributed by atoms with Crippen LogP contribution >= 0.6 is 0 Å². The maximum Gasteiger partial charge on any atom is 0.341 e. The van der Waals surface area contributed by atoms with Crippen LogP contribution in [0.4, 0.5) is 0 Å². The minimum atomic E-state index is -2.06. The van der Waals surface area contributed by atoms with Gasteiger partial charge in [0.15, 0.2) is 25.7 Å². The van der Waals surface area contributed by atoms with Crippen LogP contribution in [-0.2, 0) is 51.9 Å². The Labute approximate surface area is 333 Å². The number of ether oxygens (including phenoxy) is 9. The molecule has 4 fully saturated rings. The normalized spacial score (nSPS) is 37.1. The summed E-state index contributed by atoms with van der Waals surface area (Å²) in [5.41, 5.74) is 1.24. The molecule has 0 bridgehead atoms. The van der Waals surface area contributed by atoms with E-state index in [0.717, 1.165) is 12.8 Å². The van der Waals surface area contributed by atoms with E-state index in [4.69, 9.17) is 47.1 Å². The van der Waals surface area contributed by atoms with Gasteiger partial charge in [0.1, 0.15) is 6.10 Å². The van der Waals surface area contributed by atoms with E-state index in [0.29, 0.717) is 25.9 Å². The van der Waals surface area contributed by atoms with Crippen molar-refractivity contribution in [1.82, 2.24) is 0 Å². The summed E-state index contributed by atoms with van der Waals surface area (Å²) in [5, 5.41) is 0.0762. The van der Waals surface area contributed by atoms with E-state index >= 15 is 0 Å². The largest absolute Gasteiger partial charge is 0.464 e. The van der Waals surface area contributed by atoms with E-state index in [9.17, 15) is 4.79 Å². The van der Waals surface area contributed by atoms with Crippen LogP contribution in [0.25, 0.3) is 0 Å². The second-order valence-electron chi connectivity index (χ2n) is 19.2. The maximum absolute atomic E-state index is 13.2. The monoisotopic (exact) mass is 797 g/mol. The smallest absolute Gasteiger partial charge is 0.341 e. The van der Waals surface area contributed by atoms with Crippen molar-refractivity contribution in [3.63, 3.8) is 0 Å². The van der Waals surface area contributed by atoms with Gasteiger partial charge in [-0.15, -0.1) is 6.58 Å². The van der Waals surface area contributed by atoms with Gasteiger partial charge in [-0.1, -0.05) is 59.3 Å². The molecule has 2 spiro atoms. The average molecular weight is 797 g/mol. The molecule has 0 radical (unpaired) electrons. The molecule has 11 nitrogen and oxygen atoms in total. The third-order valence-electron chi connectivity index (χ3n) is 12.6. The highest BCUT2D eigenvalue weighted by atomic mass is 28.4. The first-order chi connectivity index (χ1) is 25.4. The van der Waals surface area contributed by atoms with E-state index < -0.39 is 49.6 Å². The highest BCUT2D eigenvalue weighted by Gasteiger charge is 2.65. The van der Waals surface area contributed by atoms with Crippen LogP contribution < -0.4 is 0 Å². The predicted octanol–water partition coefficient (Wildman–Crippen LogP) is 8.70. The number of hydrogen-bond acceptors (Lipinski definition) is 11. The first kappa shape index (κ1) is 46.5. The minimum Gasteiger partial charge on any atom is -0.464 e. The second kappa shape index (κ2) is 17.6. The van der Waals surface area contributed by atoms with Crippen molar-refractivity contribution in [2.75, 3.05) is 27.4 Å². The zero-order valence-electron chi connectivity index (χ0n) is 37.1. The summed E-state index contributed by atoms with van der Waals surface area (Å²) in [7, 11) is 1.34. The fourth-order valence-electron chi connectivity index (χ4n) is 8.78. The van der Waals surface area contributed by atoms with Crippen molar-refractivity contribution in [2.24, 2.45) is 23.7 Å². The predicted molar refractivity (Wildman–Crippen MR) is 215 cm³/mol. The first-order valence-corrected chi connectivity index (χ1v) is 23.6. The zero-order valence-corrected chi connectivity index (χ0v) is 38.1. The fourth-order valence-corrected chi connectivity index (χ4v) is 10.1. The molecule has 55 heavy (non-hydrogen) atoms. The van der Waals surface area contributed by atoms with Crippen LogP contribution in [0.15, 0.2) is 24.3 Å². The van der Waals surface area contributed by atoms with E-state index in [2.05, 4.69) is 67.3 Å². The number of carbonyl (C=O) groups excluding carboxylic acids is 1. The molecule has 0 aromatic carbocycles. The lowest BCUT2D eigenvalue weighted by atomic mass is 9.80. The summed E-state index contributed by atoms with van der Waals surface area (Å²) in [6.45, 7) is 34.1. The van der Waals surface area contributed by atoms with Crippen LogP contribution in [0.3, 0.4) is 0 Å². The van der Waals surface area contributed by atoms with Gasteiger partial charge in [0.05, 0.1) is 37.6 Å². The molecule has 4 aliphatic rings. The Hall–Kier alpha value is -1.19. The Kier molecular flexibility index (Phi) is 14.9. The molecule has 12 heteroatoms. The fraction of sp³-hybridized carbons (Fsp3) is 0.884. The van der Waals surface area contributed by atoms with Crippen molar-refractivity contribution in [3.8, 4) is 0 Å². The molecule has 0 aromatic heterocycles. The molecule has 0 unspecified atom stereocenters. The Bertz CT molecular complexity index is 1340. The Balaban J connectivity index is 1.59.